The van der Waals surface area contributed by atoms with Gasteiger partial charge in [-0.05, 0) is 69.8 Å². The van der Waals surface area contributed by atoms with E-state index in [1.807, 2.05) is 50.1 Å². The third-order valence-electron chi connectivity index (χ3n) is 4.91. The number of hydrogen-bond donors (Lipinski definition) is 1. The molecule has 0 bridgehead atoms. The predicted octanol–water partition coefficient (Wildman–Crippen LogP) is 2.80. The van der Waals surface area contributed by atoms with E-state index in [0.29, 0.717) is 6.42 Å². The van der Waals surface area contributed by atoms with Crippen molar-refractivity contribution in [1.29, 1.82) is 0 Å². The van der Waals surface area contributed by atoms with Crippen LogP contribution in [0.15, 0.2) is 24.3 Å². The zero-order valence-corrected chi connectivity index (χ0v) is 15.8. The molecule has 4 heteroatoms. The summed E-state index contributed by atoms with van der Waals surface area (Å²) in [5.74, 6) is 0.0795. The molecule has 1 atom stereocenters. The molecule has 1 aromatic carbocycles. The molecule has 24 heavy (non-hydrogen) atoms. The molecule has 4 nitrogen and oxygen atoms in total. The van der Waals surface area contributed by atoms with Gasteiger partial charge in [-0.3, -0.25) is 4.79 Å². The Morgan fingerprint density at radius 1 is 1.42 bits per heavy atom. The molecule has 1 unspecified atom stereocenters. The smallest absolute Gasteiger partial charge is 0.253 e. The van der Waals surface area contributed by atoms with Crippen molar-refractivity contribution in [1.82, 2.24) is 9.80 Å². The average Bonchev–Trinajstić information content (AvgIpc) is 2.83. The van der Waals surface area contributed by atoms with Gasteiger partial charge in [-0.1, -0.05) is 19.1 Å². The summed E-state index contributed by atoms with van der Waals surface area (Å²) in [7, 11) is 4.04. The molecule has 1 aliphatic rings. The molecule has 0 spiro atoms. The Balaban J connectivity index is 2.01. The topological polar surface area (TPSA) is 43.8 Å². The number of likely N-dealkylation sites (tertiary alicyclic amines) is 1. The van der Waals surface area contributed by atoms with Crippen LogP contribution >= 0.6 is 0 Å². The number of carbonyl (C=O) groups is 1. The van der Waals surface area contributed by atoms with Crippen molar-refractivity contribution in [2.24, 2.45) is 5.41 Å². The Hall–Kier alpha value is -1.39. The highest BCUT2D eigenvalue weighted by Gasteiger charge is 2.34. The summed E-state index contributed by atoms with van der Waals surface area (Å²) in [5, 5.41) is 9.88. The van der Waals surface area contributed by atoms with Crippen LogP contribution in [0.25, 0.3) is 0 Å². The number of carbonyl (C=O) groups excluding carboxylic acids is 1. The molecule has 2 rings (SSSR count). The van der Waals surface area contributed by atoms with Crippen molar-refractivity contribution in [2.45, 2.75) is 45.6 Å². The molecule has 1 heterocycles. The van der Waals surface area contributed by atoms with Crippen molar-refractivity contribution in [3.05, 3.63) is 35.4 Å². The van der Waals surface area contributed by atoms with Crippen LogP contribution in [0.3, 0.4) is 0 Å². The Bertz CT molecular complexity index is 579. The third kappa shape index (κ3) is 5.32. The summed E-state index contributed by atoms with van der Waals surface area (Å²) in [6.07, 6.45) is 2.59. The van der Waals surface area contributed by atoms with E-state index in [9.17, 15) is 9.90 Å². The Morgan fingerprint density at radius 2 is 2.12 bits per heavy atom. The summed E-state index contributed by atoms with van der Waals surface area (Å²) >= 11 is 0. The Labute approximate surface area is 146 Å². The molecule has 1 amide bonds. The van der Waals surface area contributed by atoms with Crippen LogP contribution in [0.4, 0.5) is 0 Å². The van der Waals surface area contributed by atoms with E-state index in [0.717, 1.165) is 43.6 Å². The van der Waals surface area contributed by atoms with Crippen molar-refractivity contribution in [2.75, 3.05) is 33.7 Å². The van der Waals surface area contributed by atoms with Gasteiger partial charge in [0, 0.05) is 25.7 Å². The lowest BCUT2D eigenvalue weighted by atomic mass is 9.89. The third-order valence-corrected chi connectivity index (χ3v) is 4.91. The van der Waals surface area contributed by atoms with Gasteiger partial charge >= 0.3 is 0 Å². The van der Waals surface area contributed by atoms with Crippen molar-refractivity contribution >= 4 is 5.91 Å². The van der Waals surface area contributed by atoms with Gasteiger partial charge in [0.25, 0.3) is 5.91 Å². The van der Waals surface area contributed by atoms with Gasteiger partial charge in [0.05, 0.1) is 5.60 Å². The zero-order valence-electron chi connectivity index (χ0n) is 15.8. The largest absolute Gasteiger partial charge is 0.390 e. The van der Waals surface area contributed by atoms with E-state index in [-0.39, 0.29) is 11.3 Å². The molecule has 0 aromatic heterocycles. The van der Waals surface area contributed by atoms with Crippen LogP contribution in [-0.2, 0) is 6.42 Å². The van der Waals surface area contributed by atoms with E-state index in [1.54, 1.807) is 0 Å². The number of aliphatic hydroxyl groups is 1. The van der Waals surface area contributed by atoms with Gasteiger partial charge in [-0.25, -0.2) is 0 Å². The second kappa shape index (κ2) is 7.24. The lowest BCUT2D eigenvalue weighted by Gasteiger charge is -2.30. The molecule has 1 aliphatic heterocycles. The number of benzene rings is 1. The van der Waals surface area contributed by atoms with Crippen LogP contribution in [-0.4, -0.2) is 60.1 Å². The van der Waals surface area contributed by atoms with Gasteiger partial charge in [-0.15, -0.1) is 0 Å². The summed E-state index contributed by atoms with van der Waals surface area (Å²) < 4.78 is 0. The summed E-state index contributed by atoms with van der Waals surface area (Å²) in [6.45, 7) is 8.81. The minimum absolute atomic E-state index is 0.0795. The van der Waals surface area contributed by atoms with Crippen LogP contribution in [0, 0.1) is 5.41 Å². The van der Waals surface area contributed by atoms with Crippen molar-refractivity contribution < 1.29 is 9.90 Å². The van der Waals surface area contributed by atoms with E-state index < -0.39 is 5.60 Å². The molecule has 1 N–H and O–H groups in total. The van der Waals surface area contributed by atoms with Gasteiger partial charge in [0.2, 0.25) is 0 Å². The quantitative estimate of drug-likeness (QED) is 0.871. The molecule has 0 radical (unpaired) electrons. The lowest BCUT2D eigenvalue weighted by Crippen LogP contribution is -2.38. The van der Waals surface area contributed by atoms with E-state index >= 15 is 0 Å². The van der Waals surface area contributed by atoms with Gasteiger partial charge < -0.3 is 14.9 Å². The predicted molar refractivity (Wildman–Crippen MR) is 98.2 cm³/mol. The summed E-state index contributed by atoms with van der Waals surface area (Å²) in [6, 6.07) is 7.81. The molecular formula is C20H32N2O2. The number of rotatable bonds is 6. The zero-order chi connectivity index (χ0) is 18.0. The molecule has 1 saturated heterocycles. The maximum absolute atomic E-state index is 12.8. The lowest BCUT2D eigenvalue weighted by molar-refractivity contribution is 0.0714. The second-order valence-corrected chi connectivity index (χ2v) is 8.47. The van der Waals surface area contributed by atoms with E-state index in [2.05, 4.69) is 18.9 Å². The highest BCUT2D eigenvalue weighted by atomic mass is 16.3. The maximum atomic E-state index is 12.8. The first kappa shape index (κ1) is 18.9. The summed E-state index contributed by atoms with van der Waals surface area (Å²) in [5.41, 5.74) is 1.33. The fourth-order valence-electron chi connectivity index (χ4n) is 3.57. The maximum Gasteiger partial charge on any atom is 0.253 e. The fraction of sp³-hybridized carbons (Fsp3) is 0.650. The number of nitrogens with zero attached hydrogens (tertiary/aromatic N) is 2. The molecular weight excluding hydrogens is 300 g/mol. The van der Waals surface area contributed by atoms with Crippen LogP contribution in [0.1, 0.15) is 49.5 Å². The standard InChI is InChI=1S/C20H32N2O2/c1-19(2,24)10-9-16-7-6-8-17(13-16)18(23)22(5)15-20(3)11-12-21(4)14-20/h6-8,13,24H,9-12,14-15H2,1-5H3. The minimum Gasteiger partial charge on any atom is -0.390 e. The van der Waals surface area contributed by atoms with Crippen LogP contribution < -0.4 is 0 Å². The highest BCUT2D eigenvalue weighted by Crippen LogP contribution is 2.30. The number of hydrogen-bond acceptors (Lipinski definition) is 3. The Morgan fingerprint density at radius 3 is 2.71 bits per heavy atom. The molecule has 134 valence electrons. The van der Waals surface area contributed by atoms with Crippen molar-refractivity contribution in [3.8, 4) is 0 Å². The Kier molecular flexibility index (Phi) is 5.71. The minimum atomic E-state index is -0.681. The number of amides is 1. The molecule has 0 aliphatic carbocycles. The van der Waals surface area contributed by atoms with E-state index in [1.165, 1.54) is 0 Å². The van der Waals surface area contributed by atoms with Gasteiger partial charge in [-0.2, -0.15) is 0 Å². The van der Waals surface area contributed by atoms with Crippen LogP contribution in [0.2, 0.25) is 0 Å². The van der Waals surface area contributed by atoms with Crippen LogP contribution in [0.5, 0.6) is 0 Å². The summed E-state index contributed by atoms with van der Waals surface area (Å²) in [4.78, 5) is 17.0. The second-order valence-electron chi connectivity index (χ2n) is 8.47. The number of aryl methyl sites for hydroxylation is 1. The molecule has 1 fully saturated rings. The molecule has 0 saturated carbocycles. The van der Waals surface area contributed by atoms with E-state index in [4.69, 9.17) is 0 Å². The first-order valence-electron chi connectivity index (χ1n) is 8.83. The normalized spacial score (nSPS) is 21.9. The first-order chi connectivity index (χ1) is 11.1. The average molecular weight is 332 g/mol. The monoisotopic (exact) mass is 332 g/mol. The SMILES string of the molecule is CN1CCC(C)(CN(C)C(=O)c2cccc(CCC(C)(C)O)c2)C1. The van der Waals surface area contributed by atoms with Crippen molar-refractivity contribution in [3.63, 3.8) is 0 Å². The highest BCUT2D eigenvalue weighted by molar-refractivity contribution is 5.94. The fourth-order valence-corrected chi connectivity index (χ4v) is 3.57. The molecule has 1 aromatic rings. The van der Waals surface area contributed by atoms with Gasteiger partial charge in [0.15, 0.2) is 0 Å². The first-order valence-corrected chi connectivity index (χ1v) is 8.83. The van der Waals surface area contributed by atoms with Gasteiger partial charge in [0.1, 0.15) is 0 Å².